The molecule has 2 aliphatic heterocycles. The second kappa shape index (κ2) is 8.77. The molecule has 0 saturated carbocycles. The maximum Gasteiger partial charge on any atom is 0.265 e. The number of aromatic nitrogens is 2. The monoisotopic (exact) mass is 420 g/mol. The fourth-order valence-corrected chi connectivity index (χ4v) is 3.94. The lowest BCUT2D eigenvalue weighted by atomic mass is 10.1. The van der Waals surface area contributed by atoms with Crippen molar-refractivity contribution in [3.05, 3.63) is 71.9 Å². The number of nitrogens with zero attached hydrogens (tertiary/aromatic N) is 4. The van der Waals surface area contributed by atoms with Gasteiger partial charge in [0.05, 0.1) is 32.0 Å². The molecule has 1 amide bonds. The van der Waals surface area contributed by atoms with E-state index in [1.807, 2.05) is 59.5 Å². The van der Waals surface area contributed by atoms with E-state index in [1.54, 1.807) is 0 Å². The maximum absolute atomic E-state index is 13.0. The Labute approximate surface area is 180 Å². The Bertz CT molecular complexity index is 1030. The summed E-state index contributed by atoms with van der Waals surface area (Å²) in [6.45, 7) is 3.13. The summed E-state index contributed by atoms with van der Waals surface area (Å²) in [6.07, 6.45) is 0.0297. The summed E-state index contributed by atoms with van der Waals surface area (Å²) in [4.78, 5) is 21.5. The van der Waals surface area contributed by atoms with E-state index >= 15 is 0 Å². The van der Waals surface area contributed by atoms with Crippen molar-refractivity contribution in [2.24, 2.45) is 0 Å². The van der Waals surface area contributed by atoms with Crippen LogP contribution in [0.4, 0.5) is 5.69 Å². The number of hydrogen-bond acceptors (Lipinski definition) is 7. The molecule has 1 unspecified atom stereocenters. The van der Waals surface area contributed by atoms with Crippen LogP contribution in [0.5, 0.6) is 5.75 Å². The molecule has 1 saturated heterocycles. The second-order valence-corrected chi connectivity index (χ2v) is 7.66. The highest BCUT2D eigenvalue weighted by atomic mass is 16.5. The van der Waals surface area contributed by atoms with Gasteiger partial charge in [0.25, 0.3) is 5.91 Å². The summed E-state index contributed by atoms with van der Waals surface area (Å²) in [5.41, 5.74) is 2.04. The zero-order chi connectivity index (χ0) is 21.0. The topological polar surface area (TPSA) is 80.9 Å². The first-order chi connectivity index (χ1) is 15.3. The van der Waals surface area contributed by atoms with Crippen molar-refractivity contribution in [2.75, 3.05) is 37.7 Å². The molecule has 0 spiro atoms. The summed E-state index contributed by atoms with van der Waals surface area (Å²) in [5, 5.41) is 4.13. The Morgan fingerprint density at radius 3 is 2.65 bits per heavy atom. The van der Waals surface area contributed by atoms with Crippen LogP contribution >= 0.6 is 0 Å². The Kier molecular flexibility index (Phi) is 5.54. The SMILES string of the molecule is O=C(C1CN(Cc2nc(Cc3ccccc3)no2)c2ccccc2O1)N1CCOCC1. The van der Waals surface area contributed by atoms with Crippen LogP contribution in [0, 0.1) is 0 Å². The third kappa shape index (κ3) is 4.39. The van der Waals surface area contributed by atoms with Gasteiger partial charge in [-0.1, -0.05) is 47.6 Å². The van der Waals surface area contributed by atoms with Crippen LogP contribution in [0.15, 0.2) is 59.1 Å². The number of rotatable bonds is 5. The van der Waals surface area contributed by atoms with Gasteiger partial charge >= 0.3 is 0 Å². The Hall–Kier alpha value is -3.39. The molecule has 2 aromatic carbocycles. The third-order valence-corrected chi connectivity index (χ3v) is 5.50. The normalized spacial score (nSPS) is 18.4. The molecule has 0 radical (unpaired) electrons. The minimum atomic E-state index is -0.584. The van der Waals surface area contributed by atoms with E-state index in [4.69, 9.17) is 14.0 Å². The van der Waals surface area contributed by atoms with Gasteiger partial charge in [-0.3, -0.25) is 4.79 Å². The quantitative estimate of drug-likeness (QED) is 0.626. The van der Waals surface area contributed by atoms with Crippen molar-refractivity contribution >= 4 is 11.6 Å². The summed E-state index contributed by atoms with van der Waals surface area (Å²) in [5.74, 6) is 1.83. The van der Waals surface area contributed by atoms with Gasteiger partial charge in [0.2, 0.25) is 5.89 Å². The third-order valence-electron chi connectivity index (χ3n) is 5.50. The molecule has 1 atom stereocenters. The number of morpholine rings is 1. The highest BCUT2D eigenvalue weighted by molar-refractivity contribution is 5.83. The highest BCUT2D eigenvalue weighted by Crippen LogP contribution is 2.34. The maximum atomic E-state index is 13.0. The van der Waals surface area contributed by atoms with Crippen molar-refractivity contribution in [3.8, 4) is 5.75 Å². The molecule has 160 valence electrons. The van der Waals surface area contributed by atoms with E-state index in [0.29, 0.717) is 63.3 Å². The van der Waals surface area contributed by atoms with Gasteiger partial charge in [-0.25, -0.2) is 0 Å². The average molecular weight is 420 g/mol. The lowest BCUT2D eigenvalue weighted by molar-refractivity contribution is -0.142. The lowest BCUT2D eigenvalue weighted by Crippen LogP contribution is -2.52. The summed E-state index contributed by atoms with van der Waals surface area (Å²) < 4.78 is 16.9. The molecule has 3 heterocycles. The molecule has 8 nitrogen and oxygen atoms in total. The number of hydrogen-bond donors (Lipinski definition) is 0. The van der Waals surface area contributed by atoms with Gasteiger partial charge in [0.1, 0.15) is 5.75 Å². The minimum Gasteiger partial charge on any atom is -0.477 e. The van der Waals surface area contributed by atoms with Gasteiger partial charge in [-0.2, -0.15) is 4.98 Å². The van der Waals surface area contributed by atoms with Gasteiger partial charge < -0.3 is 23.8 Å². The molecule has 3 aromatic rings. The average Bonchev–Trinajstić information content (AvgIpc) is 3.26. The molecule has 1 aromatic heterocycles. The van der Waals surface area contributed by atoms with E-state index in [1.165, 1.54) is 0 Å². The van der Waals surface area contributed by atoms with Crippen LogP contribution < -0.4 is 9.64 Å². The smallest absolute Gasteiger partial charge is 0.265 e. The predicted octanol–water partition coefficient (Wildman–Crippen LogP) is 2.29. The predicted molar refractivity (Wildman–Crippen MR) is 113 cm³/mol. The molecule has 31 heavy (non-hydrogen) atoms. The summed E-state index contributed by atoms with van der Waals surface area (Å²) in [6, 6.07) is 17.8. The van der Waals surface area contributed by atoms with Crippen LogP contribution in [-0.4, -0.2) is 59.9 Å². The molecule has 1 fully saturated rings. The van der Waals surface area contributed by atoms with Crippen molar-refractivity contribution in [2.45, 2.75) is 19.1 Å². The molecule has 0 N–H and O–H groups in total. The van der Waals surface area contributed by atoms with Crippen LogP contribution in [0.25, 0.3) is 0 Å². The van der Waals surface area contributed by atoms with Crippen molar-refractivity contribution < 1.29 is 18.8 Å². The van der Waals surface area contributed by atoms with E-state index in [0.717, 1.165) is 11.3 Å². The molecule has 0 bridgehead atoms. The van der Waals surface area contributed by atoms with E-state index in [9.17, 15) is 4.79 Å². The number of ether oxygens (including phenoxy) is 2. The number of carbonyl (C=O) groups is 1. The zero-order valence-electron chi connectivity index (χ0n) is 17.1. The van der Waals surface area contributed by atoms with Crippen LogP contribution in [0.2, 0.25) is 0 Å². The Morgan fingerprint density at radius 2 is 1.81 bits per heavy atom. The standard InChI is InChI=1S/C23H24N4O4/c28-23(26-10-12-29-13-11-26)20-15-27(18-8-4-5-9-19(18)30-20)16-22-24-21(25-31-22)14-17-6-2-1-3-7-17/h1-9,20H,10-16H2. The zero-order valence-corrected chi connectivity index (χ0v) is 17.1. The van der Waals surface area contributed by atoms with E-state index in [2.05, 4.69) is 15.0 Å². The number of amides is 1. The number of para-hydroxylation sites is 2. The number of carbonyl (C=O) groups excluding carboxylic acids is 1. The molecule has 5 rings (SSSR count). The number of benzene rings is 2. The highest BCUT2D eigenvalue weighted by Gasteiger charge is 2.34. The van der Waals surface area contributed by atoms with Crippen LogP contribution in [0.3, 0.4) is 0 Å². The summed E-state index contributed by atoms with van der Waals surface area (Å²) in [7, 11) is 0. The Balaban J connectivity index is 1.32. The first-order valence-corrected chi connectivity index (χ1v) is 10.5. The Morgan fingerprint density at radius 1 is 1.03 bits per heavy atom. The van der Waals surface area contributed by atoms with E-state index in [-0.39, 0.29) is 5.91 Å². The molecular formula is C23H24N4O4. The first-order valence-electron chi connectivity index (χ1n) is 10.5. The van der Waals surface area contributed by atoms with Crippen LogP contribution in [0.1, 0.15) is 17.3 Å². The molecule has 2 aliphatic rings. The number of anilines is 1. The van der Waals surface area contributed by atoms with Gasteiger partial charge in [-0.15, -0.1) is 0 Å². The number of fused-ring (bicyclic) bond motifs is 1. The van der Waals surface area contributed by atoms with E-state index < -0.39 is 6.10 Å². The lowest BCUT2D eigenvalue weighted by Gasteiger charge is -2.37. The van der Waals surface area contributed by atoms with Crippen LogP contribution in [-0.2, 0) is 22.5 Å². The molecule has 0 aliphatic carbocycles. The first kappa shape index (κ1) is 19.6. The minimum absolute atomic E-state index is 0.0156. The second-order valence-electron chi connectivity index (χ2n) is 7.66. The fraction of sp³-hybridized carbons (Fsp3) is 0.348. The van der Waals surface area contributed by atoms with Crippen molar-refractivity contribution in [1.29, 1.82) is 0 Å². The van der Waals surface area contributed by atoms with Crippen molar-refractivity contribution in [3.63, 3.8) is 0 Å². The van der Waals surface area contributed by atoms with Gasteiger partial charge in [0, 0.05) is 19.5 Å². The van der Waals surface area contributed by atoms with Gasteiger partial charge in [-0.05, 0) is 17.7 Å². The summed E-state index contributed by atoms with van der Waals surface area (Å²) >= 11 is 0. The van der Waals surface area contributed by atoms with Crippen molar-refractivity contribution in [1.82, 2.24) is 15.0 Å². The van der Waals surface area contributed by atoms with Gasteiger partial charge in [0.15, 0.2) is 11.9 Å². The molecular weight excluding hydrogens is 396 g/mol. The molecule has 8 heteroatoms. The largest absolute Gasteiger partial charge is 0.477 e. The fourth-order valence-electron chi connectivity index (χ4n) is 3.94.